The van der Waals surface area contributed by atoms with E-state index < -0.39 is 0 Å². The number of ether oxygens (including phenoxy) is 1. The molecular formula is C13H22O2. The van der Waals surface area contributed by atoms with Gasteiger partial charge in [-0.15, -0.1) is 0 Å². The predicted molar refractivity (Wildman–Crippen MR) is 59.8 cm³/mol. The average Bonchev–Trinajstić information content (AvgIpc) is 2.64. The van der Waals surface area contributed by atoms with Crippen LogP contribution >= 0.6 is 0 Å². The van der Waals surface area contributed by atoms with Gasteiger partial charge in [-0.1, -0.05) is 25.7 Å². The van der Waals surface area contributed by atoms with E-state index in [-0.39, 0.29) is 5.60 Å². The predicted octanol–water partition coefficient (Wildman–Crippen LogP) is 3.10. The Morgan fingerprint density at radius 1 is 1.27 bits per heavy atom. The maximum absolute atomic E-state index is 11.9. The van der Waals surface area contributed by atoms with E-state index >= 15 is 0 Å². The molecule has 0 aliphatic heterocycles. The van der Waals surface area contributed by atoms with Crippen LogP contribution in [0.25, 0.3) is 0 Å². The molecule has 86 valence electrons. The molecule has 2 nitrogen and oxygen atoms in total. The van der Waals surface area contributed by atoms with E-state index in [2.05, 4.69) is 0 Å². The number of carbonyl (C=O) groups is 1. The Balaban J connectivity index is 1.76. The van der Waals surface area contributed by atoms with E-state index in [4.69, 9.17) is 4.74 Å². The van der Waals surface area contributed by atoms with Crippen molar-refractivity contribution in [3.63, 3.8) is 0 Å². The van der Waals surface area contributed by atoms with Crippen molar-refractivity contribution in [3.8, 4) is 0 Å². The Bertz CT molecular complexity index is 219. The molecule has 0 aromatic carbocycles. The van der Waals surface area contributed by atoms with Crippen LogP contribution in [0.3, 0.4) is 0 Å². The van der Waals surface area contributed by atoms with E-state index in [0.717, 1.165) is 19.3 Å². The van der Waals surface area contributed by atoms with Crippen LogP contribution in [0.4, 0.5) is 0 Å². The highest BCUT2D eigenvalue weighted by atomic mass is 16.5. The molecule has 15 heavy (non-hydrogen) atoms. The van der Waals surface area contributed by atoms with Crippen molar-refractivity contribution in [1.29, 1.82) is 0 Å². The Hall–Kier alpha value is -0.370. The molecular weight excluding hydrogens is 188 g/mol. The molecule has 0 radical (unpaired) electrons. The lowest BCUT2D eigenvalue weighted by Crippen LogP contribution is -2.41. The van der Waals surface area contributed by atoms with Crippen molar-refractivity contribution in [2.24, 2.45) is 5.92 Å². The molecule has 0 spiro atoms. The Labute approximate surface area is 92.4 Å². The summed E-state index contributed by atoms with van der Waals surface area (Å²) in [6, 6.07) is 0. The zero-order chi connectivity index (χ0) is 10.7. The number of hydrogen-bond donors (Lipinski definition) is 0. The van der Waals surface area contributed by atoms with Crippen LogP contribution in [0.5, 0.6) is 0 Å². The highest BCUT2D eigenvalue weighted by Crippen LogP contribution is 2.39. The molecule has 0 aromatic heterocycles. The minimum absolute atomic E-state index is 0.0598. The van der Waals surface area contributed by atoms with Gasteiger partial charge in [-0.05, 0) is 25.2 Å². The highest BCUT2D eigenvalue weighted by Gasteiger charge is 2.39. The van der Waals surface area contributed by atoms with Gasteiger partial charge in [0.05, 0.1) is 5.60 Å². The quantitative estimate of drug-likeness (QED) is 0.697. The van der Waals surface area contributed by atoms with E-state index in [1.807, 2.05) is 0 Å². The van der Waals surface area contributed by atoms with Gasteiger partial charge in [-0.25, -0.2) is 0 Å². The first-order valence-corrected chi connectivity index (χ1v) is 6.31. The highest BCUT2D eigenvalue weighted by molar-refractivity contribution is 5.79. The maximum Gasteiger partial charge on any atom is 0.136 e. The number of hydrogen-bond acceptors (Lipinski definition) is 2. The number of ketones is 1. The zero-order valence-electron chi connectivity index (χ0n) is 9.76. The summed E-state index contributed by atoms with van der Waals surface area (Å²) < 4.78 is 5.49. The van der Waals surface area contributed by atoms with Crippen LogP contribution in [-0.2, 0) is 9.53 Å². The fraction of sp³-hybridized carbons (Fsp3) is 0.923. The van der Waals surface area contributed by atoms with Crippen LogP contribution in [0.15, 0.2) is 0 Å². The third-order valence-corrected chi connectivity index (χ3v) is 4.21. The van der Waals surface area contributed by atoms with Gasteiger partial charge in [-0.2, -0.15) is 0 Å². The molecule has 0 heterocycles. The number of rotatable bonds is 5. The van der Waals surface area contributed by atoms with Gasteiger partial charge in [0.2, 0.25) is 0 Å². The molecule has 0 unspecified atom stereocenters. The van der Waals surface area contributed by atoms with Crippen molar-refractivity contribution in [2.75, 3.05) is 7.11 Å². The second-order valence-corrected chi connectivity index (χ2v) is 5.31. The van der Waals surface area contributed by atoms with Crippen molar-refractivity contribution >= 4 is 5.78 Å². The molecule has 2 rings (SSSR count). The SMILES string of the molecule is COC1(CC(=O)CC2CCCC2)CCC1. The molecule has 0 bridgehead atoms. The lowest BCUT2D eigenvalue weighted by Gasteiger charge is -2.40. The molecule has 0 saturated heterocycles. The fourth-order valence-electron chi connectivity index (χ4n) is 2.99. The molecule has 0 aromatic rings. The Morgan fingerprint density at radius 3 is 2.40 bits per heavy atom. The van der Waals surface area contributed by atoms with Gasteiger partial charge in [0.15, 0.2) is 0 Å². The van der Waals surface area contributed by atoms with Gasteiger partial charge in [0.25, 0.3) is 0 Å². The fourth-order valence-corrected chi connectivity index (χ4v) is 2.99. The summed E-state index contributed by atoms with van der Waals surface area (Å²) in [5, 5.41) is 0. The molecule has 2 heteroatoms. The minimum atomic E-state index is -0.0598. The zero-order valence-corrected chi connectivity index (χ0v) is 9.76. The van der Waals surface area contributed by atoms with Crippen LogP contribution in [0.2, 0.25) is 0 Å². The van der Waals surface area contributed by atoms with Crippen molar-refractivity contribution in [3.05, 3.63) is 0 Å². The van der Waals surface area contributed by atoms with Gasteiger partial charge in [-0.3, -0.25) is 4.79 Å². The first kappa shape index (κ1) is 11.1. The van der Waals surface area contributed by atoms with E-state index in [9.17, 15) is 4.79 Å². The Morgan fingerprint density at radius 2 is 1.93 bits per heavy atom. The molecule has 0 atom stereocenters. The molecule has 2 aliphatic rings. The summed E-state index contributed by atoms with van der Waals surface area (Å²) in [6.07, 6.45) is 10.1. The van der Waals surface area contributed by atoms with Crippen molar-refractivity contribution in [1.82, 2.24) is 0 Å². The van der Waals surface area contributed by atoms with E-state index in [1.54, 1.807) is 7.11 Å². The summed E-state index contributed by atoms with van der Waals surface area (Å²) in [5.74, 6) is 1.12. The van der Waals surface area contributed by atoms with Gasteiger partial charge < -0.3 is 4.74 Å². The third-order valence-electron chi connectivity index (χ3n) is 4.21. The van der Waals surface area contributed by atoms with Crippen LogP contribution in [0.1, 0.15) is 57.8 Å². The number of carbonyl (C=O) groups excluding carboxylic acids is 1. The lowest BCUT2D eigenvalue weighted by molar-refractivity contribution is -0.133. The normalized spacial score (nSPS) is 25.1. The molecule has 2 fully saturated rings. The minimum Gasteiger partial charge on any atom is -0.378 e. The average molecular weight is 210 g/mol. The number of Topliss-reactive ketones (excluding diaryl/α,β-unsaturated/α-hetero) is 1. The lowest BCUT2D eigenvalue weighted by atomic mass is 9.75. The summed E-state index contributed by atoms with van der Waals surface area (Å²) in [4.78, 5) is 11.9. The maximum atomic E-state index is 11.9. The standard InChI is InChI=1S/C13H22O2/c1-15-13(7-4-8-13)10-12(14)9-11-5-2-3-6-11/h11H,2-10H2,1H3. The van der Waals surface area contributed by atoms with Crippen molar-refractivity contribution < 1.29 is 9.53 Å². The summed E-state index contributed by atoms with van der Waals surface area (Å²) in [7, 11) is 1.75. The molecule has 0 N–H and O–H groups in total. The summed E-state index contributed by atoms with van der Waals surface area (Å²) in [6.45, 7) is 0. The molecule has 2 aliphatic carbocycles. The Kier molecular flexibility index (Phi) is 3.45. The van der Waals surface area contributed by atoms with Crippen LogP contribution < -0.4 is 0 Å². The van der Waals surface area contributed by atoms with Crippen LogP contribution in [0, 0.1) is 5.92 Å². The van der Waals surface area contributed by atoms with Gasteiger partial charge in [0.1, 0.15) is 5.78 Å². The first-order chi connectivity index (χ1) is 7.24. The van der Waals surface area contributed by atoms with E-state index in [0.29, 0.717) is 18.1 Å². The topological polar surface area (TPSA) is 26.3 Å². The smallest absolute Gasteiger partial charge is 0.136 e. The monoisotopic (exact) mass is 210 g/mol. The first-order valence-electron chi connectivity index (χ1n) is 6.31. The molecule has 2 saturated carbocycles. The van der Waals surface area contributed by atoms with E-state index in [1.165, 1.54) is 32.1 Å². The van der Waals surface area contributed by atoms with Crippen molar-refractivity contribution in [2.45, 2.75) is 63.4 Å². The largest absolute Gasteiger partial charge is 0.378 e. The van der Waals surface area contributed by atoms with Crippen LogP contribution in [-0.4, -0.2) is 18.5 Å². The van der Waals surface area contributed by atoms with Gasteiger partial charge in [0, 0.05) is 20.0 Å². The summed E-state index contributed by atoms with van der Waals surface area (Å²) in [5.41, 5.74) is -0.0598. The molecule has 0 amide bonds. The second-order valence-electron chi connectivity index (χ2n) is 5.31. The summed E-state index contributed by atoms with van der Waals surface area (Å²) >= 11 is 0. The number of methoxy groups -OCH3 is 1. The second kappa shape index (κ2) is 4.65. The van der Waals surface area contributed by atoms with Gasteiger partial charge >= 0.3 is 0 Å². The third kappa shape index (κ3) is 2.60.